The molecule has 1 heteroatoms. The van der Waals surface area contributed by atoms with Gasteiger partial charge in [0.15, 0.2) is 0 Å². The third-order valence-electron chi connectivity index (χ3n) is 1.98. The number of allylic oxidation sites excluding steroid dienone is 2. The monoisotopic (exact) mass is 185 g/mol. The lowest BCUT2D eigenvalue weighted by Crippen LogP contribution is -1.86. The van der Waals surface area contributed by atoms with Gasteiger partial charge in [0.1, 0.15) is 0 Å². The molecule has 0 radical (unpaired) electrons. The summed E-state index contributed by atoms with van der Waals surface area (Å²) in [6.45, 7) is 7.64. The topological polar surface area (TPSA) is 12.4 Å². The largest absolute Gasteiger partial charge is 0.265 e. The molecule has 1 aromatic rings. The van der Waals surface area contributed by atoms with E-state index < -0.39 is 0 Å². The summed E-state index contributed by atoms with van der Waals surface area (Å²) in [7, 11) is 0. The van der Waals surface area contributed by atoms with Crippen molar-refractivity contribution in [1.82, 2.24) is 0 Å². The van der Waals surface area contributed by atoms with Crippen LogP contribution in [0.2, 0.25) is 0 Å². The molecule has 0 saturated carbocycles. The highest BCUT2D eigenvalue weighted by Crippen LogP contribution is 2.13. The van der Waals surface area contributed by atoms with Crippen LogP contribution in [0, 0.1) is 6.92 Å². The number of hydrogen-bond donors (Lipinski definition) is 0. The van der Waals surface area contributed by atoms with Gasteiger partial charge in [-0.15, -0.1) is 0 Å². The van der Waals surface area contributed by atoms with Crippen LogP contribution in [0.3, 0.4) is 0 Å². The molecule has 0 aliphatic rings. The van der Waals surface area contributed by atoms with E-state index in [0.29, 0.717) is 0 Å². The molecule has 0 spiro atoms. The van der Waals surface area contributed by atoms with Gasteiger partial charge in [-0.1, -0.05) is 42.5 Å². The van der Waals surface area contributed by atoms with Gasteiger partial charge in [0.2, 0.25) is 0 Å². The second-order valence-corrected chi connectivity index (χ2v) is 3.07. The van der Waals surface area contributed by atoms with Gasteiger partial charge in [-0.05, 0) is 25.0 Å². The average molecular weight is 185 g/mol. The zero-order valence-corrected chi connectivity index (χ0v) is 8.70. The van der Waals surface area contributed by atoms with Crippen LogP contribution in [-0.4, -0.2) is 6.21 Å². The molecule has 1 aromatic carbocycles. The first-order valence-corrected chi connectivity index (χ1v) is 4.65. The van der Waals surface area contributed by atoms with Crippen molar-refractivity contribution in [3.05, 3.63) is 54.2 Å². The second-order valence-electron chi connectivity index (χ2n) is 3.07. The van der Waals surface area contributed by atoms with Crippen LogP contribution in [0.25, 0.3) is 5.57 Å². The lowest BCUT2D eigenvalue weighted by molar-refractivity contribution is 1.45. The van der Waals surface area contributed by atoms with E-state index in [2.05, 4.69) is 42.8 Å². The smallest absolute Gasteiger partial charge is 0.0342 e. The molecule has 0 saturated heterocycles. The number of benzene rings is 1. The Balaban J connectivity index is 3.02. The summed E-state index contributed by atoms with van der Waals surface area (Å²) < 4.78 is 0. The molecule has 0 heterocycles. The normalized spacial score (nSPS) is 12.0. The first kappa shape index (κ1) is 10.5. The van der Waals surface area contributed by atoms with Crippen molar-refractivity contribution in [2.24, 2.45) is 4.99 Å². The van der Waals surface area contributed by atoms with Crippen LogP contribution in [0.4, 0.5) is 0 Å². The maximum absolute atomic E-state index is 4.02. The minimum Gasteiger partial charge on any atom is -0.265 e. The second kappa shape index (κ2) is 5.18. The Morgan fingerprint density at radius 2 is 2.21 bits per heavy atom. The first-order valence-electron chi connectivity index (χ1n) is 4.65. The minimum atomic E-state index is 1.12. The highest BCUT2D eigenvalue weighted by atomic mass is 14.7. The summed E-state index contributed by atoms with van der Waals surface area (Å²) in [6, 6.07) is 8.36. The van der Waals surface area contributed by atoms with Crippen LogP contribution in [0.15, 0.2) is 48.1 Å². The van der Waals surface area contributed by atoms with Gasteiger partial charge in [0.25, 0.3) is 0 Å². The Morgan fingerprint density at radius 1 is 1.43 bits per heavy atom. The van der Waals surface area contributed by atoms with E-state index in [9.17, 15) is 0 Å². The molecule has 0 unspecified atom stereocenters. The summed E-state index contributed by atoms with van der Waals surface area (Å²) in [5.74, 6) is 0. The van der Waals surface area contributed by atoms with Crippen LogP contribution >= 0.6 is 0 Å². The van der Waals surface area contributed by atoms with Crippen molar-refractivity contribution in [2.75, 3.05) is 0 Å². The molecule has 0 atom stereocenters. The zero-order valence-electron chi connectivity index (χ0n) is 8.70. The van der Waals surface area contributed by atoms with Crippen LogP contribution in [0.5, 0.6) is 0 Å². The van der Waals surface area contributed by atoms with Crippen LogP contribution in [0.1, 0.15) is 18.1 Å². The van der Waals surface area contributed by atoms with Crippen LogP contribution < -0.4 is 0 Å². The van der Waals surface area contributed by atoms with Crippen LogP contribution in [-0.2, 0) is 0 Å². The Bertz CT molecular complexity index is 373. The van der Waals surface area contributed by atoms with Gasteiger partial charge in [-0.2, -0.15) is 0 Å². The van der Waals surface area contributed by atoms with Gasteiger partial charge < -0.3 is 0 Å². The molecule has 0 N–H and O–H groups in total. The highest BCUT2D eigenvalue weighted by Gasteiger charge is 1.96. The molecule has 0 aliphatic carbocycles. The molecule has 0 bridgehead atoms. The number of aliphatic imine (C=N–C) groups is 1. The molecular weight excluding hydrogens is 170 g/mol. The van der Waals surface area contributed by atoms with Gasteiger partial charge in [0, 0.05) is 12.4 Å². The Kier molecular flexibility index (Phi) is 3.86. The lowest BCUT2D eigenvalue weighted by atomic mass is 10.0. The molecule has 1 nitrogen and oxygen atoms in total. The summed E-state index contributed by atoms with van der Waals surface area (Å²) in [5, 5.41) is 0. The standard InChI is InChI=1S/C13H15N/c1-4-12(10-14-5-2)13-8-6-7-11(3)9-13/h4-10H,2H2,1,3H3/b12-4+,14-10-. The van der Waals surface area contributed by atoms with E-state index in [1.807, 2.05) is 19.2 Å². The third-order valence-corrected chi connectivity index (χ3v) is 1.98. The van der Waals surface area contributed by atoms with Gasteiger partial charge in [-0.25, -0.2) is 0 Å². The molecular formula is C13H15N. The van der Waals surface area contributed by atoms with Crippen molar-refractivity contribution in [3.8, 4) is 0 Å². The third kappa shape index (κ3) is 2.70. The van der Waals surface area contributed by atoms with E-state index in [1.165, 1.54) is 11.1 Å². The molecule has 0 amide bonds. The van der Waals surface area contributed by atoms with Crippen molar-refractivity contribution >= 4 is 11.8 Å². The summed E-state index contributed by atoms with van der Waals surface area (Å²) >= 11 is 0. The Hall–Kier alpha value is -1.63. The number of aryl methyl sites for hydroxylation is 1. The summed E-state index contributed by atoms with van der Waals surface area (Å²) in [5.41, 5.74) is 3.57. The van der Waals surface area contributed by atoms with Gasteiger partial charge >= 0.3 is 0 Å². The Labute approximate surface area is 85.5 Å². The minimum absolute atomic E-state index is 1.12. The SMILES string of the molecule is C=C/N=C\C(=C/C)c1cccc(C)c1. The number of rotatable bonds is 3. The molecule has 0 aromatic heterocycles. The maximum atomic E-state index is 4.02. The molecule has 0 aliphatic heterocycles. The van der Waals surface area contributed by atoms with E-state index in [4.69, 9.17) is 0 Å². The van der Waals surface area contributed by atoms with Gasteiger partial charge in [0.05, 0.1) is 0 Å². The fourth-order valence-electron chi connectivity index (χ4n) is 1.27. The van der Waals surface area contributed by atoms with Crippen molar-refractivity contribution in [2.45, 2.75) is 13.8 Å². The van der Waals surface area contributed by atoms with Crippen molar-refractivity contribution in [1.29, 1.82) is 0 Å². The van der Waals surface area contributed by atoms with E-state index >= 15 is 0 Å². The molecule has 14 heavy (non-hydrogen) atoms. The molecule has 72 valence electrons. The van der Waals surface area contributed by atoms with Crippen molar-refractivity contribution < 1.29 is 0 Å². The van der Waals surface area contributed by atoms with Gasteiger partial charge in [-0.3, -0.25) is 4.99 Å². The van der Waals surface area contributed by atoms with E-state index in [-0.39, 0.29) is 0 Å². The Morgan fingerprint density at radius 3 is 2.79 bits per heavy atom. The predicted octanol–water partition coefficient (Wildman–Crippen LogP) is 3.61. The number of hydrogen-bond acceptors (Lipinski definition) is 1. The highest BCUT2D eigenvalue weighted by molar-refractivity contribution is 6.09. The van der Waals surface area contributed by atoms with E-state index in [1.54, 1.807) is 6.20 Å². The summed E-state index contributed by atoms with van der Waals surface area (Å²) in [4.78, 5) is 4.02. The first-order chi connectivity index (χ1) is 6.77. The average Bonchev–Trinajstić information content (AvgIpc) is 2.19. The van der Waals surface area contributed by atoms with Crippen molar-refractivity contribution in [3.63, 3.8) is 0 Å². The molecule has 1 rings (SSSR count). The fraction of sp³-hybridized carbons (Fsp3) is 0.154. The maximum Gasteiger partial charge on any atom is 0.0342 e. The lowest BCUT2D eigenvalue weighted by Gasteiger charge is -2.01. The quantitative estimate of drug-likeness (QED) is 0.638. The zero-order chi connectivity index (χ0) is 10.4. The predicted molar refractivity (Wildman–Crippen MR) is 63.5 cm³/mol. The molecule has 0 fully saturated rings. The number of nitrogens with zero attached hydrogens (tertiary/aromatic N) is 1. The summed E-state index contributed by atoms with van der Waals surface area (Å²) in [6.07, 6.45) is 5.41. The fourth-order valence-corrected chi connectivity index (χ4v) is 1.27. The van der Waals surface area contributed by atoms with E-state index in [0.717, 1.165) is 5.57 Å².